The van der Waals surface area contributed by atoms with Crippen molar-refractivity contribution < 1.29 is 9.18 Å². The fourth-order valence-corrected chi connectivity index (χ4v) is 1.25. The van der Waals surface area contributed by atoms with Gasteiger partial charge in [-0.25, -0.2) is 4.39 Å². The molecule has 1 unspecified atom stereocenters. The number of halogens is 1. The highest BCUT2D eigenvalue weighted by atomic mass is 19.1. The van der Waals surface area contributed by atoms with Crippen LogP contribution in [-0.4, -0.2) is 11.9 Å². The molecule has 0 radical (unpaired) electrons. The van der Waals surface area contributed by atoms with E-state index in [2.05, 4.69) is 10.6 Å². The molecule has 1 atom stereocenters. The number of hydrogen-bond acceptors (Lipinski definition) is 3. The zero-order chi connectivity index (χ0) is 14.3. The summed E-state index contributed by atoms with van der Waals surface area (Å²) in [5, 5.41) is 14.4. The highest BCUT2D eigenvalue weighted by Crippen LogP contribution is 2.08. The van der Waals surface area contributed by atoms with Crippen molar-refractivity contribution in [3.63, 3.8) is 0 Å². The van der Waals surface area contributed by atoms with E-state index >= 15 is 0 Å². The van der Waals surface area contributed by atoms with E-state index in [-0.39, 0.29) is 17.4 Å². The van der Waals surface area contributed by atoms with Gasteiger partial charge in [0.15, 0.2) is 0 Å². The number of rotatable bonds is 5. The van der Waals surface area contributed by atoms with Gasteiger partial charge in [0, 0.05) is 17.9 Å². The van der Waals surface area contributed by atoms with E-state index in [0.717, 1.165) is 6.42 Å². The van der Waals surface area contributed by atoms with E-state index in [9.17, 15) is 9.18 Å². The lowest BCUT2D eigenvalue weighted by molar-refractivity contribution is -0.117. The van der Waals surface area contributed by atoms with Crippen LogP contribution in [0, 0.1) is 17.1 Å². The normalized spacial score (nSPS) is 12.4. The molecule has 1 amide bonds. The van der Waals surface area contributed by atoms with Crippen molar-refractivity contribution in [2.75, 3.05) is 5.32 Å². The molecule has 0 aromatic heterocycles. The minimum atomic E-state index is -0.425. The molecule has 0 heterocycles. The smallest absolute Gasteiger partial charge is 0.263 e. The average Bonchev–Trinajstić information content (AvgIpc) is 2.41. The summed E-state index contributed by atoms with van der Waals surface area (Å²) in [6.07, 6.45) is 2.10. The number of anilines is 1. The molecule has 0 saturated carbocycles. The second-order valence-corrected chi connectivity index (χ2v) is 4.10. The number of nitrogens with zero attached hydrogens (tertiary/aromatic N) is 1. The zero-order valence-corrected chi connectivity index (χ0v) is 10.9. The first-order chi connectivity index (χ1) is 9.06. The van der Waals surface area contributed by atoms with Crippen LogP contribution >= 0.6 is 0 Å². The molecule has 1 aromatic rings. The second kappa shape index (κ2) is 7.17. The van der Waals surface area contributed by atoms with Gasteiger partial charge in [0.25, 0.3) is 5.91 Å². The first-order valence-electron chi connectivity index (χ1n) is 6.00. The lowest BCUT2D eigenvalue weighted by Crippen LogP contribution is -2.33. The predicted octanol–water partition coefficient (Wildman–Crippen LogP) is 2.56. The van der Waals surface area contributed by atoms with E-state index in [1.165, 1.54) is 30.5 Å². The van der Waals surface area contributed by atoms with E-state index in [1.807, 2.05) is 19.9 Å². The monoisotopic (exact) mass is 261 g/mol. The van der Waals surface area contributed by atoms with Crippen LogP contribution in [0.5, 0.6) is 0 Å². The molecule has 0 saturated heterocycles. The summed E-state index contributed by atoms with van der Waals surface area (Å²) in [5.41, 5.74) is 0.579. The minimum Gasteiger partial charge on any atom is -0.360 e. The third-order valence-electron chi connectivity index (χ3n) is 2.58. The van der Waals surface area contributed by atoms with Crippen LogP contribution in [0.3, 0.4) is 0 Å². The van der Waals surface area contributed by atoms with Crippen LogP contribution < -0.4 is 10.6 Å². The van der Waals surface area contributed by atoms with Gasteiger partial charge in [-0.15, -0.1) is 0 Å². The quantitative estimate of drug-likeness (QED) is 0.632. The Morgan fingerprint density at radius 1 is 1.47 bits per heavy atom. The zero-order valence-electron chi connectivity index (χ0n) is 10.9. The van der Waals surface area contributed by atoms with Gasteiger partial charge in [-0.1, -0.05) is 6.92 Å². The maximum absolute atomic E-state index is 12.7. The molecule has 0 bridgehead atoms. The van der Waals surface area contributed by atoms with E-state index in [1.54, 1.807) is 0 Å². The van der Waals surface area contributed by atoms with Crippen molar-refractivity contribution in [1.82, 2.24) is 5.32 Å². The van der Waals surface area contributed by atoms with Crippen LogP contribution in [-0.2, 0) is 4.79 Å². The second-order valence-electron chi connectivity index (χ2n) is 4.10. The van der Waals surface area contributed by atoms with Gasteiger partial charge in [-0.05, 0) is 37.6 Å². The molecule has 4 nitrogen and oxygen atoms in total. The first-order valence-corrected chi connectivity index (χ1v) is 6.00. The fraction of sp³-hybridized carbons (Fsp3) is 0.286. The molecule has 0 aliphatic heterocycles. The summed E-state index contributed by atoms with van der Waals surface area (Å²) in [6, 6.07) is 7.46. The maximum atomic E-state index is 12.7. The van der Waals surface area contributed by atoms with Crippen LogP contribution in [0.15, 0.2) is 36.0 Å². The van der Waals surface area contributed by atoms with Crippen molar-refractivity contribution >= 4 is 11.6 Å². The predicted molar refractivity (Wildman–Crippen MR) is 71.6 cm³/mol. The van der Waals surface area contributed by atoms with Crippen LogP contribution in [0.25, 0.3) is 0 Å². The van der Waals surface area contributed by atoms with Crippen molar-refractivity contribution in [2.24, 2.45) is 0 Å². The third kappa shape index (κ3) is 4.80. The van der Waals surface area contributed by atoms with Crippen molar-refractivity contribution in [2.45, 2.75) is 26.3 Å². The Morgan fingerprint density at radius 3 is 2.63 bits per heavy atom. The van der Waals surface area contributed by atoms with Crippen molar-refractivity contribution in [3.05, 3.63) is 41.9 Å². The lowest BCUT2D eigenvalue weighted by atomic mass is 10.2. The Balaban J connectivity index is 2.69. The molecule has 100 valence electrons. The van der Waals surface area contributed by atoms with Crippen molar-refractivity contribution in [1.29, 1.82) is 5.26 Å². The number of carbonyl (C=O) groups excluding carboxylic acids is 1. The highest BCUT2D eigenvalue weighted by molar-refractivity contribution is 5.97. The number of benzene rings is 1. The molecule has 2 N–H and O–H groups in total. The molecule has 0 spiro atoms. The summed E-state index contributed by atoms with van der Waals surface area (Å²) >= 11 is 0. The van der Waals surface area contributed by atoms with Gasteiger partial charge in [-0.3, -0.25) is 4.79 Å². The Bertz CT molecular complexity index is 502. The number of amides is 1. The topological polar surface area (TPSA) is 64.9 Å². The summed E-state index contributed by atoms with van der Waals surface area (Å²) < 4.78 is 12.7. The number of carbonyl (C=O) groups is 1. The van der Waals surface area contributed by atoms with Gasteiger partial charge < -0.3 is 10.6 Å². The van der Waals surface area contributed by atoms with E-state index in [0.29, 0.717) is 5.69 Å². The molecular weight excluding hydrogens is 245 g/mol. The summed E-state index contributed by atoms with van der Waals surface area (Å²) in [5.74, 6) is -0.768. The Morgan fingerprint density at radius 2 is 2.11 bits per heavy atom. The third-order valence-corrected chi connectivity index (χ3v) is 2.58. The van der Waals surface area contributed by atoms with Gasteiger partial charge >= 0.3 is 0 Å². The highest BCUT2D eigenvalue weighted by Gasteiger charge is 2.10. The Labute approximate surface area is 111 Å². The minimum absolute atomic E-state index is 0.00933. The molecule has 5 heteroatoms. The van der Waals surface area contributed by atoms with Gasteiger partial charge in [0.1, 0.15) is 17.5 Å². The molecule has 1 rings (SSSR count). The van der Waals surface area contributed by atoms with E-state index < -0.39 is 5.91 Å². The van der Waals surface area contributed by atoms with Gasteiger partial charge in [0.2, 0.25) is 0 Å². The average molecular weight is 261 g/mol. The molecule has 19 heavy (non-hydrogen) atoms. The SMILES string of the molecule is CCC(C)NC(=O)/C(C#N)=C\Nc1ccc(F)cc1. The molecule has 0 fully saturated rings. The van der Waals surface area contributed by atoms with Crippen LogP contribution in [0.1, 0.15) is 20.3 Å². The molecule has 0 aliphatic carbocycles. The summed E-state index contributed by atoms with van der Waals surface area (Å²) in [6.45, 7) is 3.80. The number of hydrogen-bond donors (Lipinski definition) is 2. The Kier molecular flexibility index (Phi) is 5.55. The largest absolute Gasteiger partial charge is 0.360 e. The van der Waals surface area contributed by atoms with Gasteiger partial charge in [-0.2, -0.15) is 5.26 Å². The van der Waals surface area contributed by atoms with E-state index in [4.69, 9.17) is 5.26 Å². The Hall–Kier alpha value is -2.35. The van der Waals surface area contributed by atoms with Gasteiger partial charge in [0.05, 0.1) is 0 Å². The lowest BCUT2D eigenvalue weighted by Gasteiger charge is -2.10. The molecular formula is C14H16FN3O. The molecule has 0 aliphatic rings. The fourth-order valence-electron chi connectivity index (χ4n) is 1.25. The summed E-state index contributed by atoms with van der Waals surface area (Å²) in [4.78, 5) is 11.7. The standard InChI is InChI=1S/C14H16FN3O/c1-3-10(2)18-14(19)11(8-16)9-17-13-6-4-12(15)5-7-13/h4-7,9-10,17H,3H2,1-2H3,(H,18,19)/b11-9-. The maximum Gasteiger partial charge on any atom is 0.263 e. The van der Waals surface area contributed by atoms with Crippen LogP contribution in [0.2, 0.25) is 0 Å². The molecule has 1 aromatic carbocycles. The summed E-state index contributed by atoms with van der Waals surface area (Å²) in [7, 11) is 0. The first kappa shape index (κ1) is 14.7. The number of nitrogens with one attached hydrogen (secondary N) is 2. The van der Waals surface area contributed by atoms with Crippen LogP contribution in [0.4, 0.5) is 10.1 Å². The van der Waals surface area contributed by atoms with Crippen molar-refractivity contribution in [3.8, 4) is 6.07 Å². The number of nitriles is 1.